The molecule has 7 heteroatoms. The standard InChI is InChI=1S/C23H16F2N2O3/c24-18-5-1-14(2-6-18)9-16-10-17-12-27-21(22(28)20(17)26-11-16)23(29)30-13-15-3-7-19(25)8-4-15/h1-8,10-12,28H,9,13H2. The molecule has 0 bridgehead atoms. The minimum atomic E-state index is -0.809. The molecule has 0 atom stereocenters. The van der Waals surface area contributed by atoms with Gasteiger partial charge in [0.05, 0.1) is 0 Å². The molecule has 2 heterocycles. The molecule has 0 fully saturated rings. The highest BCUT2D eigenvalue weighted by molar-refractivity contribution is 5.97. The highest BCUT2D eigenvalue weighted by atomic mass is 19.1. The van der Waals surface area contributed by atoms with Gasteiger partial charge < -0.3 is 9.84 Å². The van der Waals surface area contributed by atoms with Gasteiger partial charge in [-0.3, -0.25) is 4.98 Å². The summed E-state index contributed by atoms with van der Waals surface area (Å²) in [5.41, 5.74) is 2.34. The average Bonchev–Trinajstić information content (AvgIpc) is 2.75. The number of ether oxygens (including phenoxy) is 1. The summed E-state index contributed by atoms with van der Waals surface area (Å²) in [5.74, 6) is -1.87. The van der Waals surface area contributed by atoms with E-state index in [1.807, 2.05) is 0 Å². The summed E-state index contributed by atoms with van der Waals surface area (Å²) in [6.07, 6.45) is 3.55. The molecule has 150 valence electrons. The second-order valence-electron chi connectivity index (χ2n) is 6.74. The van der Waals surface area contributed by atoms with E-state index in [1.54, 1.807) is 24.4 Å². The van der Waals surface area contributed by atoms with Crippen molar-refractivity contribution in [2.45, 2.75) is 13.0 Å². The molecule has 0 radical (unpaired) electrons. The van der Waals surface area contributed by atoms with Crippen LogP contribution in [0, 0.1) is 11.6 Å². The summed E-state index contributed by atoms with van der Waals surface area (Å²) in [6.45, 7) is -0.0810. The Labute approximate surface area is 170 Å². The van der Waals surface area contributed by atoms with Gasteiger partial charge in [-0.05, 0) is 53.4 Å². The molecule has 2 aromatic carbocycles. The predicted molar refractivity (Wildman–Crippen MR) is 106 cm³/mol. The fourth-order valence-corrected chi connectivity index (χ4v) is 3.01. The van der Waals surface area contributed by atoms with E-state index in [0.717, 1.165) is 11.1 Å². The molecule has 5 nitrogen and oxygen atoms in total. The van der Waals surface area contributed by atoms with Crippen LogP contribution < -0.4 is 0 Å². The second kappa shape index (κ2) is 8.24. The Bertz CT molecular complexity index is 1210. The van der Waals surface area contributed by atoms with Gasteiger partial charge in [0.25, 0.3) is 0 Å². The Balaban J connectivity index is 1.52. The summed E-state index contributed by atoms with van der Waals surface area (Å²) in [4.78, 5) is 20.6. The van der Waals surface area contributed by atoms with E-state index in [0.29, 0.717) is 17.4 Å². The Hall–Kier alpha value is -3.87. The summed E-state index contributed by atoms with van der Waals surface area (Å²) >= 11 is 0. The van der Waals surface area contributed by atoms with Crippen LogP contribution in [0.25, 0.3) is 10.9 Å². The summed E-state index contributed by atoms with van der Waals surface area (Å²) < 4.78 is 31.1. The highest BCUT2D eigenvalue weighted by Gasteiger charge is 2.18. The van der Waals surface area contributed by atoms with Gasteiger partial charge in [0, 0.05) is 17.8 Å². The number of carbonyl (C=O) groups is 1. The van der Waals surface area contributed by atoms with Crippen molar-refractivity contribution in [2.75, 3.05) is 0 Å². The molecule has 0 saturated carbocycles. The molecular formula is C23H16F2N2O3. The first-order valence-electron chi connectivity index (χ1n) is 9.12. The van der Waals surface area contributed by atoms with Gasteiger partial charge in [0.15, 0.2) is 11.4 Å². The minimum absolute atomic E-state index is 0.0810. The topological polar surface area (TPSA) is 72.3 Å². The van der Waals surface area contributed by atoms with Crippen LogP contribution in [-0.2, 0) is 17.8 Å². The third-order valence-electron chi connectivity index (χ3n) is 4.55. The third-order valence-corrected chi connectivity index (χ3v) is 4.55. The molecule has 0 unspecified atom stereocenters. The van der Waals surface area contributed by atoms with Crippen molar-refractivity contribution in [3.05, 3.63) is 101 Å². The predicted octanol–water partition coefficient (Wildman–Crippen LogP) is 4.56. The summed E-state index contributed by atoms with van der Waals surface area (Å²) in [5, 5.41) is 11.0. The van der Waals surface area contributed by atoms with E-state index >= 15 is 0 Å². The van der Waals surface area contributed by atoms with Gasteiger partial charge in [0.1, 0.15) is 23.8 Å². The number of pyridine rings is 2. The zero-order valence-electron chi connectivity index (χ0n) is 15.7. The molecule has 2 aromatic heterocycles. The average molecular weight is 406 g/mol. The van der Waals surface area contributed by atoms with Crippen molar-refractivity contribution in [1.82, 2.24) is 9.97 Å². The number of hydrogen-bond donors (Lipinski definition) is 1. The van der Waals surface area contributed by atoms with Crippen molar-refractivity contribution in [1.29, 1.82) is 0 Å². The fourth-order valence-electron chi connectivity index (χ4n) is 3.01. The molecule has 4 rings (SSSR count). The molecule has 30 heavy (non-hydrogen) atoms. The van der Waals surface area contributed by atoms with Crippen LogP contribution in [0.15, 0.2) is 67.0 Å². The van der Waals surface area contributed by atoms with Gasteiger partial charge in [-0.2, -0.15) is 0 Å². The van der Waals surface area contributed by atoms with Crippen LogP contribution in [-0.4, -0.2) is 21.0 Å². The molecule has 0 spiro atoms. The van der Waals surface area contributed by atoms with Crippen molar-refractivity contribution >= 4 is 16.9 Å². The van der Waals surface area contributed by atoms with Crippen LogP contribution in [0.2, 0.25) is 0 Å². The molecule has 0 aliphatic rings. The number of nitrogens with zero attached hydrogens (tertiary/aromatic N) is 2. The molecule has 0 amide bonds. The quantitative estimate of drug-likeness (QED) is 0.492. The minimum Gasteiger partial charge on any atom is -0.504 e. The Morgan fingerprint density at radius 2 is 1.50 bits per heavy atom. The first-order valence-corrected chi connectivity index (χ1v) is 9.12. The zero-order chi connectivity index (χ0) is 21.1. The molecule has 4 aromatic rings. The molecule has 1 N–H and O–H groups in total. The maximum atomic E-state index is 13.0. The first kappa shape index (κ1) is 19.4. The van der Waals surface area contributed by atoms with Gasteiger partial charge in [-0.15, -0.1) is 0 Å². The zero-order valence-corrected chi connectivity index (χ0v) is 15.7. The van der Waals surface area contributed by atoms with Crippen molar-refractivity contribution in [3.63, 3.8) is 0 Å². The first-order chi connectivity index (χ1) is 14.5. The molecular weight excluding hydrogens is 390 g/mol. The van der Waals surface area contributed by atoms with Crippen LogP contribution in [0.3, 0.4) is 0 Å². The van der Waals surface area contributed by atoms with E-state index in [4.69, 9.17) is 4.74 Å². The highest BCUT2D eigenvalue weighted by Crippen LogP contribution is 2.27. The van der Waals surface area contributed by atoms with Crippen molar-refractivity contribution < 1.29 is 23.4 Å². The number of fused-ring (bicyclic) bond motifs is 1. The fraction of sp³-hybridized carbons (Fsp3) is 0.0870. The van der Waals surface area contributed by atoms with Crippen LogP contribution >= 0.6 is 0 Å². The van der Waals surface area contributed by atoms with Gasteiger partial charge >= 0.3 is 5.97 Å². The van der Waals surface area contributed by atoms with E-state index in [1.165, 1.54) is 42.6 Å². The van der Waals surface area contributed by atoms with Gasteiger partial charge in [-0.1, -0.05) is 24.3 Å². The van der Waals surface area contributed by atoms with Gasteiger partial charge in [-0.25, -0.2) is 18.6 Å². The Kier molecular flexibility index (Phi) is 5.34. The SMILES string of the molecule is O=C(OCc1ccc(F)cc1)c1ncc2cc(Cc3ccc(F)cc3)cnc2c1O. The Morgan fingerprint density at radius 1 is 0.867 bits per heavy atom. The number of halogens is 2. The molecule has 0 aliphatic heterocycles. The van der Waals surface area contributed by atoms with E-state index in [2.05, 4.69) is 9.97 Å². The van der Waals surface area contributed by atoms with E-state index in [-0.39, 0.29) is 35.2 Å². The van der Waals surface area contributed by atoms with Crippen LogP contribution in [0.5, 0.6) is 5.75 Å². The normalized spacial score (nSPS) is 10.9. The third kappa shape index (κ3) is 4.25. The number of aromatic hydroxyl groups is 1. The number of esters is 1. The van der Waals surface area contributed by atoms with E-state index < -0.39 is 5.97 Å². The molecule has 0 aliphatic carbocycles. The number of hydrogen-bond acceptors (Lipinski definition) is 5. The van der Waals surface area contributed by atoms with Crippen molar-refractivity contribution in [3.8, 4) is 5.75 Å². The molecule has 0 saturated heterocycles. The lowest BCUT2D eigenvalue weighted by atomic mass is 10.1. The Morgan fingerprint density at radius 3 is 2.17 bits per heavy atom. The van der Waals surface area contributed by atoms with Crippen molar-refractivity contribution in [2.24, 2.45) is 0 Å². The largest absolute Gasteiger partial charge is 0.504 e. The second-order valence-corrected chi connectivity index (χ2v) is 6.74. The monoisotopic (exact) mass is 406 g/mol. The summed E-state index contributed by atoms with van der Waals surface area (Å²) in [6, 6.07) is 13.5. The lowest BCUT2D eigenvalue weighted by Gasteiger charge is -2.09. The van der Waals surface area contributed by atoms with Crippen LogP contribution in [0.1, 0.15) is 27.2 Å². The smallest absolute Gasteiger partial charge is 0.361 e. The van der Waals surface area contributed by atoms with E-state index in [9.17, 15) is 18.7 Å². The van der Waals surface area contributed by atoms with Crippen LogP contribution in [0.4, 0.5) is 8.78 Å². The summed E-state index contributed by atoms with van der Waals surface area (Å²) in [7, 11) is 0. The number of rotatable bonds is 5. The maximum Gasteiger partial charge on any atom is 0.361 e. The number of aromatic nitrogens is 2. The number of benzene rings is 2. The maximum absolute atomic E-state index is 13.0. The van der Waals surface area contributed by atoms with Gasteiger partial charge in [0.2, 0.25) is 0 Å². The lowest BCUT2D eigenvalue weighted by Crippen LogP contribution is -2.08. The lowest BCUT2D eigenvalue weighted by molar-refractivity contribution is 0.0462. The number of carbonyl (C=O) groups excluding carboxylic acids is 1.